The fourth-order valence-corrected chi connectivity index (χ4v) is 7.08. The van der Waals surface area contributed by atoms with E-state index in [2.05, 4.69) is 15.5 Å². The molecule has 32 heavy (non-hydrogen) atoms. The monoisotopic (exact) mass is 470 g/mol. The average Bonchev–Trinajstić information content (AvgIpc) is 3.37. The van der Waals surface area contributed by atoms with E-state index in [4.69, 9.17) is 0 Å². The van der Waals surface area contributed by atoms with Crippen LogP contribution in [0.25, 0.3) is 10.6 Å². The summed E-state index contributed by atoms with van der Waals surface area (Å²) in [6.07, 6.45) is 1.10. The van der Waals surface area contributed by atoms with Crippen molar-refractivity contribution in [3.63, 3.8) is 0 Å². The summed E-state index contributed by atoms with van der Waals surface area (Å²) in [6, 6.07) is 10.8. The molecule has 1 aliphatic heterocycles. The lowest BCUT2D eigenvalue weighted by atomic mass is 10.1. The predicted molar refractivity (Wildman–Crippen MR) is 126 cm³/mol. The van der Waals surface area contributed by atoms with E-state index in [0.717, 1.165) is 16.7 Å². The van der Waals surface area contributed by atoms with Crippen LogP contribution in [-0.2, 0) is 14.8 Å². The van der Waals surface area contributed by atoms with Crippen molar-refractivity contribution in [2.45, 2.75) is 51.5 Å². The highest BCUT2D eigenvalue weighted by atomic mass is 32.2. The second-order valence-electron chi connectivity index (χ2n) is 8.27. The molecule has 2 heterocycles. The van der Waals surface area contributed by atoms with Gasteiger partial charge in [0.2, 0.25) is 21.1 Å². The Morgan fingerprint density at radius 1 is 1.03 bits per heavy atom. The zero-order valence-corrected chi connectivity index (χ0v) is 20.2. The van der Waals surface area contributed by atoms with E-state index in [1.54, 1.807) is 13.8 Å². The van der Waals surface area contributed by atoms with E-state index in [9.17, 15) is 13.2 Å². The van der Waals surface area contributed by atoms with E-state index in [1.807, 2.05) is 50.2 Å². The number of amides is 1. The van der Waals surface area contributed by atoms with Crippen LogP contribution in [0, 0.1) is 27.7 Å². The lowest BCUT2D eigenvalue weighted by molar-refractivity contribution is -0.119. The van der Waals surface area contributed by atoms with Crippen molar-refractivity contribution in [3.05, 3.63) is 58.7 Å². The number of aryl methyl sites for hydroxylation is 4. The fraction of sp³-hybridized carbons (Fsp3) is 0.348. The van der Waals surface area contributed by atoms with Crippen LogP contribution in [0.3, 0.4) is 0 Å². The molecule has 4 rings (SSSR count). The summed E-state index contributed by atoms with van der Waals surface area (Å²) in [5.41, 5.74) is 4.47. The molecule has 2 aromatic carbocycles. The molecule has 0 unspecified atom stereocenters. The van der Waals surface area contributed by atoms with Gasteiger partial charge in [-0.05, 0) is 51.7 Å². The van der Waals surface area contributed by atoms with Crippen LogP contribution in [0.4, 0.5) is 5.13 Å². The third-order valence-electron chi connectivity index (χ3n) is 5.63. The van der Waals surface area contributed by atoms with Gasteiger partial charge in [0.05, 0.1) is 4.90 Å². The number of carbonyl (C=O) groups excluding carboxylic acids is 1. The summed E-state index contributed by atoms with van der Waals surface area (Å²) in [7, 11) is -3.81. The van der Waals surface area contributed by atoms with Gasteiger partial charge in [0.1, 0.15) is 11.0 Å². The Morgan fingerprint density at radius 2 is 1.69 bits per heavy atom. The number of aromatic nitrogens is 2. The van der Waals surface area contributed by atoms with E-state index in [0.29, 0.717) is 45.5 Å². The first kappa shape index (κ1) is 22.6. The van der Waals surface area contributed by atoms with Gasteiger partial charge in [-0.3, -0.25) is 10.1 Å². The number of hydrogen-bond acceptors (Lipinski definition) is 6. The summed E-state index contributed by atoms with van der Waals surface area (Å²) in [5, 5.41) is 12.1. The minimum Gasteiger partial charge on any atom is -0.299 e. The number of carbonyl (C=O) groups is 1. The molecule has 1 aromatic heterocycles. The van der Waals surface area contributed by atoms with Crippen molar-refractivity contribution >= 4 is 32.4 Å². The Morgan fingerprint density at radius 3 is 2.34 bits per heavy atom. The number of nitrogens with one attached hydrogen (secondary N) is 1. The van der Waals surface area contributed by atoms with Crippen LogP contribution < -0.4 is 5.32 Å². The Balaban J connectivity index is 1.55. The van der Waals surface area contributed by atoms with Gasteiger partial charge in [-0.15, -0.1) is 10.2 Å². The summed E-state index contributed by atoms with van der Waals surface area (Å²) < 4.78 is 28.3. The van der Waals surface area contributed by atoms with Gasteiger partial charge in [-0.25, -0.2) is 8.42 Å². The van der Waals surface area contributed by atoms with Gasteiger partial charge >= 0.3 is 0 Å². The maximum atomic E-state index is 13.5. The van der Waals surface area contributed by atoms with Crippen molar-refractivity contribution in [1.29, 1.82) is 0 Å². The molecule has 168 valence electrons. The molecule has 1 amide bonds. The van der Waals surface area contributed by atoms with Crippen molar-refractivity contribution in [3.8, 4) is 10.6 Å². The lowest BCUT2D eigenvalue weighted by Crippen LogP contribution is -2.43. The van der Waals surface area contributed by atoms with Crippen LogP contribution in [0.15, 0.2) is 41.3 Å². The molecule has 0 bridgehead atoms. The van der Waals surface area contributed by atoms with Gasteiger partial charge in [-0.2, -0.15) is 4.31 Å². The standard InChI is InChI=1S/C23H26N4O3S2/c1-14-7-9-18(10-8-14)22-25-26-23(31-22)24-21(28)19-6-5-11-27(19)32(29,30)20-16(3)12-15(2)13-17(20)4/h7-10,12-13,19H,5-6,11H2,1-4H3,(H,24,26,28)/t19-/m0/s1. The second kappa shape index (κ2) is 8.73. The Kier molecular flexibility index (Phi) is 6.15. The second-order valence-corrected chi connectivity index (χ2v) is 11.1. The molecular formula is C23H26N4O3S2. The first-order chi connectivity index (χ1) is 15.2. The maximum Gasteiger partial charge on any atom is 0.244 e. The van der Waals surface area contributed by atoms with Crippen molar-refractivity contribution in [1.82, 2.24) is 14.5 Å². The molecule has 1 N–H and O–H groups in total. The first-order valence-electron chi connectivity index (χ1n) is 10.5. The number of nitrogens with zero attached hydrogens (tertiary/aromatic N) is 3. The maximum absolute atomic E-state index is 13.5. The smallest absolute Gasteiger partial charge is 0.244 e. The van der Waals surface area contributed by atoms with Crippen LogP contribution in [0.5, 0.6) is 0 Å². The number of rotatable bonds is 5. The minimum absolute atomic E-state index is 0.292. The summed E-state index contributed by atoms with van der Waals surface area (Å²) in [5.74, 6) is -0.375. The molecule has 1 saturated heterocycles. The van der Waals surface area contributed by atoms with Gasteiger partial charge < -0.3 is 0 Å². The third kappa shape index (κ3) is 4.32. The van der Waals surface area contributed by atoms with E-state index in [-0.39, 0.29) is 5.91 Å². The Hall–Kier alpha value is -2.62. The molecular weight excluding hydrogens is 444 g/mol. The van der Waals surface area contributed by atoms with Gasteiger partial charge in [-0.1, -0.05) is 58.9 Å². The topological polar surface area (TPSA) is 92.3 Å². The normalized spacial score (nSPS) is 16.9. The van der Waals surface area contributed by atoms with Crippen LogP contribution in [0.1, 0.15) is 35.1 Å². The molecule has 1 atom stereocenters. The van der Waals surface area contributed by atoms with Crippen LogP contribution in [0.2, 0.25) is 0 Å². The quantitative estimate of drug-likeness (QED) is 0.602. The predicted octanol–water partition coefficient (Wildman–Crippen LogP) is 4.23. The highest BCUT2D eigenvalue weighted by Gasteiger charge is 2.40. The molecule has 9 heteroatoms. The zero-order valence-electron chi connectivity index (χ0n) is 18.5. The average molecular weight is 471 g/mol. The van der Waals surface area contributed by atoms with Crippen molar-refractivity contribution in [2.75, 3.05) is 11.9 Å². The molecule has 1 fully saturated rings. The van der Waals surface area contributed by atoms with Crippen molar-refractivity contribution in [2.24, 2.45) is 0 Å². The molecule has 0 saturated carbocycles. The first-order valence-corrected chi connectivity index (χ1v) is 12.7. The highest BCUT2D eigenvalue weighted by molar-refractivity contribution is 7.89. The van der Waals surface area contributed by atoms with E-state index >= 15 is 0 Å². The Bertz CT molecular complexity index is 1240. The molecule has 0 aliphatic carbocycles. The number of benzene rings is 2. The van der Waals surface area contributed by atoms with Gasteiger partial charge in [0.25, 0.3) is 0 Å². The summed E-state index contributed by atoms with van der Waals surface area (Å²) >= 11 is 1.27. The van der Waals surface area contributed by atoms with Crippen LogP contribution >= 0.6 is 11.3 Å². The molecule has 3 aromatic rings. The number of hydrogen-bond donors (Lipinski definition) is 1. The largest absolute Gasteiger partial charge is 0.299 e. The van der Waals surface area contributed by atoms with E-state index in [1.165, 1.54) is 15.6 Å². The minimum atomic E-state index is -3.81. The molecule has 0 radical (unpaired) electrons. The number of anilines is 1. The van der Waals surface area contributed by atoms with Crippen molar-refractivity contribution < 1.29 is 13.2 Å². The molecule has 7 nitrogen and oxygen atoms in total. The highest BCUT2D eigenvalue weighted by Crippen LogP contribution is 2.32. The lowest BCUT2D eigenvalue weighted by Gasteiger charge is -2.25. The van der Waals surface area contributed by atoms with Gasteiger partial charge in [0.15, 0.2) is 0 Å². The third-order valence-corrected chi connectivity index (χ3v) is 8.73. The summed E-state index contributed by atoms with van der Waals surface area (Å²) in [6.45, 7) is 7.86. The number of sulfonamides is 1. The molecule has 1 aliphatic rings. The SMILES string of the molecule is Cc1ccc(-c2nnc(NC(=O)[C@@H]3CCCN3S(=O)(=O)c3c(C)cc(C)cc3C)s2)cc1. The molecule has 0 spiro atoms. The fourth-order valence-electron chi connectivity index (χ4n) is 4.26. The summed E-state index contributed by atoms with van der Waals surface area (Å²) in [4.78, 5) is 13.3. The van der Waals surface area contributed by atoms with Gasteiger partial charge in [0, 0.05) is 12.1 Å². The van der Waals surface area contributed by atoms with Crippen LogP contribution in [-0.4, -0.2) is 41.4 Å². The van der Waals surface area contributed by atoms with E-state index < -0.39 is 16.1 Å². The zero-order chi connectivity index (χ0) is 23.0. The Labute approximate surface area is 192 Å².